The SMILES string of the molecule is O=C(NCC1(N2CCSCC2)CCCC1)C1CCNC1. The van der Waals surface area contributed by atoms with Gasteiger partial charge < -0.3 is 10.6 Å². The summed E-state index contributed by atoms with van der Waals surface area (Å²) in [7, 11) is 0. The minimum atomic E-state index is 0.199. The summed E-state index contributed by atoms with van der Waals surface area (Å²) in [4.78, 5) is 14.9. The van der Waals surface area contributed by atoms with Crippen molar-refractivity contribution in [3.8, 4) is 0 Å². The number of nitrogens with one attached hydrogen (secondary N) is 2. The third kappa shape index (κ3) is 3.15. The van der Waals surface area contributed by atoms with Crippen molar-refractivity contribution in [3.05, 3.63) is 0 Å². The van der Waals surface area contributed by atoms with Gasteiger partial charge in [0.15, 0.2) is 0 Å². The third-order valence-corrected chi connectivity index (χ3v) is 6.18. The van der Waals surface area contributed by atoms with E-state index in [1.165, 1.54) is 50.3 Å². The van der Waals surface area contributed by atoms with E-state index in [0.717, 1.165) is 26.1 Å². The fourth-order valence-electron chi connectivity index (χ4n) is 3.95. The van der Waals surface area contributed by atoms with Crippen LogP contribution in [-0.4, -0.2) is 60.6 Å². The Kier molecular flexibility index (Phi) is 4.89. The van der Waals surface area contributed by atoms with E-state index in [4.69, 9.17) is 0 Å². The summed E-state index contributed by atoms with van der Waals surface area (Å²) >= 11 is 2.06. The van der Waals surface area contributed by atoms with E-state index >= 15 is 0 Å². The van der Waals surface area contributed by atoms with Gasteiger partial charge in [-0.2, -0.15) is 11.8 Å². The van der Waals surface area contributed by atoms with E-state index in [2.05, 4.69) is 27.3 Å². The Morgan fingerprint density at radius 3 is 2.70 bits per heavy atom. The Balaban J connectivity index is 1.57. The number of thioether (sulfide) groups is 1. The number of carbonyl (C=O) groups excluding carboxylic acids is 1. The molecule has 1 aliphatic carbocycles. The van der Waals surface area contributed by atoms with Crippen LogP contribution >= 0.6 is 11.8 Å². The molecule has 0 aromatic heterocycles. The molecule has 0 bridgehead atoms. The smallest absolute Gasteiger partial charge is 0.224 e. The molecule has 2 heterocycles. The summed E-state index contributed by atoms with van der Waals surface area (Å²) in [6, 6.07) is 0. The quantitative estimate of drug-likeness (QED) is 0.815. The molecule has 0 spiro atoms. The van der Waals surface area contributed by atoms with E-state index in [9.17, 15) is 4.79 Å². The topological polar surface area (TPSA) is 44.4 Å². The number of hydrogen-bond donors (Lipinski definition) is 2. The van der Waals surface area contributed by atoms with E-state index in [1.807, 2.05) is 0 Å². The molecule has 0 aromatic carbocycles. The molecular weight excluding hydrogens is 270 g/mol. The number of amides is 1. The van der Waals surface area contributed by atoms with E-state index < -0.39 is 0 Å². The summed E-state index contributed by atoms with van der Waals surface area (Å²) in [5, 5.41) is 6.56. The van der Waals surface area contributed by atoms with Crippen LogP contribution in [0.25, 0.3) is 0 Å². The lowest BCUT2D eigenvalue weighted by Crippen LogP contribution is -2.57. The highest BCUT2D eigenvalue weighted by atomic mass is 32.2. The molecule has 1 saturated carbocycles. The molecule has 1 amide bonds. The molecule has 2 aliphatic heterocycles. The molecule has 4 nitrogen and oxygen atoms in total. The minimum absolute atomic E-state index is 0.199. The van der Waals surface area contributed by atoms with Gasteiger partial charge in [0, 0.05) is 43.2 Å². The molecule has 3 fully saturated rings. The highest BCUT2D eigenvalue weighted by molar-refractivity contribution is 7.99. The molecular formula is C15H27N3OS. The second kappa shape index (κ2) is 6.67. The summed E-state index contributed by atoms with van der Waals surface area (Å²) in [5.74, 6) is 2.97. The average Bonchev–Trinajstić information content (AvgIpc) is 3.18. The Bertz CT molecular complexity index is 332. The van der Waals surface area contributed by atoms with Crippen LogP contribution in [0.2, 0.25) is 0 Å². The standard InChI is InChI=1S/C15H27N3OS/c19-14(13-3-6-16-11-13)17-12-15(4-1-2-5-15)18-7-9-20-10-8-18/h13,16H,1-12H2,(H,17,19). The lowest BCUT2D eigenvalue weighted by Gasteiger charge is -2.43. The van der Waals surface area contributed by atoms with Crippen molar-refractivity contribution >= 4 is 17.7 Å². The number of carbonyl (C=O) groups is 1. The maximum Gasteiger partial charge on any atom is 0.224 e. The third-order valence-electron chi connectivity index (χ3n) is 5.24. The molecule has 2 saturated heterocycles. The lowest BCUT2D eigenvalue weighted by atomic mass is 9.94. The number of nitrogens with zero attached hydrogens (tertiary/aromatic N) is 1. The second-order valence-electron chi connectivity index (χ2n) is 6.44. The Morgan fingerprint density at radius 2 is 2.05 bits per heavy atom. The van der Waals surface area contributed by atoms with E-state index in [-0.39, 0.29) is 17.4 Å². The van der Waals surface area contributed by atoms with Crippen molar-refractivity contribution in [3.63, 3.8) is 0 Å². The van der Waals surface area contributed by atoms with Gasteiger partial charge in [-0.15, -0.1) is 0 Å². The Morgan fingerprint density at radius 1 is 1.30 bits per heavy atom. The first-order valence-electron chi connectivity index (χ1n) is 8.11. The Labute approximate surface area is 126 Å². The highest BCUT2D eigenvalue weighted by Crippen LogP contribution is 2.36. The van der Waals surface area contributed by atoms with Gasteiger partial charge in [-0.3, -0.25) is 9.69 Å². The highest BCUT2D eigenvalue weighted by Gasteiger charge is 2.40. The molecule has 5 heteroatoms. The van der Waals surface area contributed by atoms with Gasteiger partial charge in [-0.1, -0.05) is 12.8 Å². The molecule has 114 valence electrons. The van der Waals surface area contributed by atoms with Crippen LogP contribution in [0.1, 0.15) is 32.1 Å². The van der Waals surface area contributed by atoms with Gasteiger partial charge in [0.25, 0.3) is 0 Å². The van der Waals surface area contributed by atoms with Crippen LogP contribution in [0.5, 0.6) is 0 Å². The van der Waals surface area contributed by atoms with Crippen molar-refractivity contribution in [2.45, 2.75) is 37.6 Å². The van der Waals surface area contributed by atoms with Gasteiger partial charge >= 0.3 is 0 Å². The first kappa shape index (κ1) is 14.7. The minimum Gasteiger partial charge on any atom is -0.354 e. The maximum absolute atomic E-state index is 12.3. The van der Waals surface area contributed by atoms with Crippen molar-refractivity contribution in [1.82, 2.24) is 15.5 Å². The predicted molar refractivity (Wildman–Crippen MR) is 84.1 cm³/mol. The zero-order chi connectivity index (χ0) is 13.8. The average molecular weight is 297 g/mol. The van der Waals surface area contributed by atoms with Crippen LogP contribution < -0.4 is 10.6 Å². The van der Waals surface area contributed by atoms with Crippen LogP contribution in [0.15, 0.2) is 0 Å². The molecule has 2 N–H and O–H groups in total. The van der Waals surface area contributed by atoms with Crippen molar-refractivity contribution in [2.24, 2.45) is 5.92 Å². The van der Waals surface area contributed by atoms with Crippen molar-refractivity contribution in [1.29, 1.82) is 0 Å². The molecule has 0 radical (unpaired) electrons. The molecule has 1 unspecified atom stereocenters. The summed E-state index contributed by atoms with van der Waals surface area (Å²) in [5.41, 5.74) is 0.267. The summed E-state index contributed by atoms with van der Waals surface area (Å²) in [6.07, 6.45) is 6.18. The van der Waals surface area contributed by atoms with E-state index in [0.29, 0.717) is 0 Å². The van der Waals surface area contributed by atoms with Crippen LogP contribution in [-0.2, 0) is 4.79 Å². The summed E-state index contributed by atoms with van der Waals surface area (Å²) in [6.45, 7) is 5.12. The monoisotopic (exact) mass is 297 g/mol. The van der Waals surface area contributed by atoms with Crippen molar-refractivity contribution < 1.29 is 4.79 Å². The fraction of sp³-hybridized carbons (Fsp3) is 0.933. The fourth-order valence-corrected chi connectivity index (χ4v) is 4.85. The zero-order valence-electron chi connectivity index (χ0n) is 12.3. The first-order valence-corrected chi connectivity index (χ1v) is 9.27. The van der Waals surface area contributed by atoms with Crippen molar-refractivity contribution in [2.75, 3.05) is 44.2 Å². The van der Waals surface area contributed by atoms with Gasteiger partial charge in [-0.05, 0) is 25.8 Å². The normalized spacial score (nSPS) is 30.5. The molecule has 20 heavy (non-hydrogen) atoms. The van der Waals surface area contributed by atoms with E-state index in [1.54, 1.807) is 0 Å². The maximum atomic E-state index is 12.3. The second-order valence-corrected chi connectivity index (χ2v) is 7.66. The zero-order valence-corrected chi connectivity index (χ0v) is 13.1. The lowest BCUT2D eigenvalue weighted by molar-refractivity contribution is -0.125. The van der Waals surface area contributed by atoms with Gasteiger partial charge in [0.1, 0.15) is 0 Å². The number of hydrogen-bond acceptors (Lipinski definition) is 4. The van der Waals surface area contributed by atoms with Gasteiger partial charge in [0.2, 0.25) is 5.91 Å². The molecule has 0 aromatic rings. The predicted octanol–water partition coefficient (Wildman–Crippen LogP) is 1.07. The summed E-state index contributed by atoms with van der Waals surface area (Å²) < 4.78 is 0. The largest absolute Gasteiger partial charge is 0.354 e. The van der Waals surface area contributed by atoms with Gasteiger partial charge in [-0.25, -0.2) is 0 Å². The first-order chi connectivity index (χ1) is 9.80. The van der Waals surface area contributed by atoms with Gasteiger partial charge in [0.05, 0.1) is 5.92 Å². The van der Waals surface area contributed by atoms with Crippen LogP contribution in [0.4, 0.5) is 0 Å². The van der Waals surface area contributed by atoms with Crippen LogP contribution in [0.3, 0.4) is 0 Å². The molecule has 3 aliphatic rings. The Hall–Kier alpha value is -0.260. The number of rotatable bonds is 4. The molecule has 3 rings (SSSR count). The molecule has 1 atom stereocenters. The van der Waals surface area contributed by atoms with Crippen LogP contribution in [0, 0.1) is 5.92 Å².